The van der Waals surface area contributed by atoms with Gasteiger partial charge in [0.15, 0.2) is 6.61 Å². The van der Waals surface area contributed by atoms with E-state index >= 15 is 0 Å². The fraction of sp³-hybridized carbons (Fsp3) is 0.111. The fourth-order valence-corrected chi connectivity index (χ4v) is 2.48. The number of halogens is 1. The van der Waals surface area contributed by atoms with Crippen molar-refractivity contribution < 1.29 is 18.7 Å². The van der Waals surface area contributed by atoms with Crippen LogP contribution in [0.25, 0.3) is 10.9 Å². The molecule has 0 aliphatic rings. The predicted octanol–water partition coefficient (Wildman–Crippen LogP) is 3.11. The van der Waals surface area contributed by atoms with Gasteiger partial charge in [0.1, 0.15) is 5.82 Å². The minimum absolute atomic E-state index is 0.307. The molecule has 0 saturated carbocycles. The molecule has 0 unspecified atom stereocenters. The van der Waals surface area contributed by atoms with Crippen LogP contribution in [0.3, 0.4) is 0 Å². The van der Waals surface area contributed by atoms with E-state index < -0.39 is 24.3 Å². The number of amides is 1. The van der Waals surface area contributed by atoms with Gasteiger partial charge in [-0.2, -0.15) is 0 Å². The van der Waals surface area contributed by atoms with Crippen molar-refractivity contribution in [3.63, 3.8) is 0 Å². The molecule has 0 aliphatic heterocycles. The van der Waals surface area contributed by atoms with E-state index in [1.165, 1.54) is 18.2 Å². The number of carbonyl (C=O) groups excluding carboxylic acids is 2. The molecule has 0 atom stereocenters. The van der Waals surface area contributed by atoms with Crippen molar-refractivity contribution in [1.29, 1.82) is 0 Å². The summed E-state index contributed by atoms with van der Waals surface area (Å²) in [5, 5.41) is 3.23. The minimum Gasteiger partial charge on any atom is -0.452 e. The number of aromatic nitrogens is 1. The lowest BCUT2D eigenvalue weighted by Gasteiger charge is -2.06. The van der Waals surface area contributed by atoms with Crippen molar-refractivity contribution in [2.75, 3.05) is 11.9 Å². The zero-order valence-corrected chi connectivity index (χ0v) is 13.0. The molecule has 6 heteroatoms. The number of esters is 1. The number of aryl methyl sites for hydroxylation is 1. The van der Waals surface area contributed by atoms with Gasteiger partial charge in [0.05, 0.1) is 5.56 Å². The molecular formula is C18H15FN2O3. The topological polar surface area (TPSA) is 60.3 Å². The van der Waals surface area contributed by atoms with E-state index in [2.05, 4.69) is 5.32 Å². The van der Waals surface area contributed by atoms with Gasteiger partial charge in [0, 0.05) is 29.8 Å². The van der Waals surface area contributed by atoms with Gasteiger partial charge in [-0.25, -0.2) is 9.18 Å². The fourth-order valence-electron chi connectivity index (χ4n) is 2.48. The Kier molecular flexibility index (Phi) is 4.29. The molecule has 24 heavy (non-hydrogen) atoms. The minimum atomic E-state index is -0.582. The first-order valence-corrected chi connectivity index (χ1v) is 7.31. The normalized spacial score (nSPS) is 10.6. The van der Waals surface area contributed by atoms with Gasteiger partial charge in [-0.3, -0.25) is 4.79 Å². The van der Waals surface area contributed by atoms with Crippen LogP contribution in [0.4, 0.5) is 10.1 Å². The Morgan fingerprint density at radius 2 is 1.96 bits per heavy atom. The van der Waals surface area contributed by atoms with Gasteiger partial charge in [-0.1, -0.05) is 24.3 Å². The second-order valence-electron chi connectivity index (χ2n) is 5.31. The van der Waals surface area contributed by atoms with E-state index in [0.717, 1.165) is 10.9 Å². The number of ether oxygens (including phenoxy) is 1. The highest BCUT2D eigenvalue weighted by atomic mass is 19.1. The molecule has 0 radical (unpaired) electrons. The first-order chi connectivity index (χ1) is 11.5. The standard InChI is InChI=1S/C18H15FN2O3/c1-21-10-15(14-7-2-3-8-16(14)21)18(23)24-11-17(22)20-13-6-4-5-12(19)9-13/h2-10H,11H2,1H3,(H,20,22). The lowest BCUT2D eigenvalue weighted by atomic mass is 10.2. The average molecular weight is 326 g/mol. The molecule has 1 amide bonds. The molecule has 3 aromatic rings. The summed E-state index contributed by atoms with van der Waals surface area (Å²) >= 11 is 0. The van der Waals surface area contributed by atoms with E-state index in [4.69, 9.17) is 4.74 Å². The Morgan fingerprint density at radius 3 is 2.75 bits per heavy atom. The van der Waals surface area contributed by atoms with E-state index in [-0.39, 0.29) is 0 Å². The van der Waals surface area contributed by atoms with Crippen LogP contribution in [0, 0.1) is 5.82 Å². The van der Waals surface area contributed by atoms with E-state index in [9.17, 15) is 14.0 Å². The van der Waals surface area contributed by atoms with Crippen molar-refractivity contribution in [2.24, 2.45) is 7.05 Å². The summed E-state index contributed by atoms with van der Waals surface area (Å²) in [6.07, 6.45) is 1.66. The first kappa shape index (κ1) is 15.7. The summed E-state index contributed by atoms with van der Waals surface area (Å²) < 4.78 is 19.9. The molecule has 2 aromatic carbocycles. The summed E-state index contributed by atoms with van der Waals surface area (Å²) in [5.41, 5.74) is 1.60. The van der Waals surface area contributed by atoms with Crippen LogP contribution in [0.1, 0.15) is 10.4 Å². The third-order valence-electron chi connectivity index (χ3n) is 3.56. The Hall–Kier alpha value is -3.15. The number of para-hydroxylation sites is 1. The Labute approximate surface area is 137 Å². The van der Waals surface area contributed by atoms with Crippen molar-refractivity contribution in [3.8, 4) is 0 Å². The van der Waals surface area contributed by atoms with Crippen LogP contribution in [0.5, 0.6) is 0 Å². The summed E-state index contributed by atoms with van der Waals surface area (Å²) in [7, 11) is 1.83. The predicted molar refractivity (Wildman–Crippen MR) is 88.2 cm³/mol. The van der Waals surface area contributed by atoms with Crippen LogP contribution in [-0.4, -0.2) is 23.1 Å². The van der Waals surface area contributed by atoms with Gasteiger partial charge in [-0.05, 0) is 24.3 Å². The number of nitrogens with one attached hydrogen (secondary N) is 1. The summed E-state index contributed by atoms with van der Waals surface area (Å²) in [6.45, 7) is -0.446. The summed E-state index contributed by atoms with van der Waals surface area (Å²) in [4.78, 5) is 24.0. The molecule has 0 aliphatic carbocycles. The maximum atomic E-state index is 13.1. The summed E-state index contributed by atoms with van der Waals surface area (Å²) in [6, 6.07) is 12.9. The molecular weight excluding hydrogens is 311 g/mol. The molecule has 0 saturated heterocycles. The number of nitrogens with zero attached hydrogens (tertiary/aromatic N) is 1. The first-order valence-electron chi connectivity index (χ1n) is 7.31. The smallest absolute Gasteiger partial charge is 0.340 e. The van der Waals surface area contributed by atoms with Crippen molar-refractivity contribution in [1.82, 2.24) is 4.57 Å². The van der Waals surface area contributed by atoms with Crippen LogP contribution in [0.15, 0.2) is 54.7 Å². The number of hydrogen-bond acceptors (Lipinski definition) is 3. The maximum Gasteiger partial charge on any atom is 0.340 e. The van der Waals surface area contributed by atoms with Gasteiger partial charge < -0.3 is 14.6 Å². The average Bonchev–Trinajstić information content (AvgIpc) is 2.90. The van der Waals surface area contributed by atoms with Crippen molar-refractivity contribution in [3.05, 3.63) is 66.1 Å². The molecule has 0 fully saturated rings. The molecule has 3 rings (SSSR count). The van der Waals surface area contributed by atoms with Gasteiger partial charge in [0.2, 0.25) is 0 Å². The highest BCUT2D eigenvalue weighted by molar-refractivity contribution is 6.05. The molecule has 0 spiro atoms. The lowest BCUT2D eigenvalue weighted by molar-refractivity contribution is -0.119. The molecule has 1 heterocycles. The number of carbonyl (C=O) groups is 2. The second-order valence-corrected chi connectivity index (χ2v) is 5.31. The van der Waals surface area contributed by atoms with Crippen molar-refractivity contribution >= 4 is 28.5 Å². The van der Waals surface area contributed by atoms with E-state index in [1.807, 2.05) is 35.9 Å². The lowest BCUT2D eigenvalue weighted by Crippen LogP contribution is -2.20. The Morgan fingerprint density at radius 1 is 1.17 bits per heavy atom. The molecule has 5 nitrogen and oxygen atoms in total. The SMILES string of the molecule is Cn1cc(C(=O)OCC(=O)Nc2cccc(F)c2)c2ccccc21. The van der Waals surface area contributed by atoms with Gasteiger partial charge in [0.25, 0.3) is 5.91 Å². The highest BCUT2D eigenvalue weighted by Gasteiger charge is 2.16. The van der Waals surface area contributed by atoms with Gasteiger partial charge in [-0.15, -0.1) is 0 Å². The summed E-state index contributed by atoms with van der Waals surface area (Å²) in [5.74, 6) is -1.57. The largest absolute Gasteiger partial charge is 0.452 e. The van der Waals surface area contributed by atoms with Crippen LogP contribution in [0.2, 0.25) is 0 Å². The molecule has 1 aromatic heterocycles. The van der Waals surface area contributed by atoms with Crippen LogP contribution in [-0.2, 0) is 16.6 Å². The van der Waals surface area contributed by atoms with Crippen LogP contribution >= 0.6 is 0 Å². The van der Waals surface area contributed by atoms with E-state index in [0.29, 0.717) is 11.3 Å². The van der Waals surface area contributed by atoms with E-state index in [1.54, 1.807) is 12.3 Å². The maximum absolute atomic E-state index is 13.1. The number of anilines is 1. The third-order valence-corrected chi connectivity index (χ3v) is 3.56. The zero-order chi connectivity index (χ0) is 17.1. The zero-order valence-electron chi connectivity index (χ0n) is 13.0. The van der Waals surface area contributed by atoms with Gasteiger partial charge >= 0.3 is 5.97 Å². The molecule has 1 N–H and O–H groups in total. The Balaban J connectivity index is 1.65. The third kappa shape index (κ3) is 3.27. The molecule has 122 valence electrons. The number of hydrogen-bond donors (Lipinski definition) is 1. The quantitative estimate of drug-likeness (QED) is 0.750. The Bertz CT molecular complexity index is 918. The highest BCUT2D eigenvalue weighted by Crippen LogP contribution is 2.21. The molecule has 0 bridgehead atoms. The second kappa shape index (κ2) is 6.54. The van der Waals surface area contributed by atoms with Crippen molar-refractivity contribution in [2.45, 2.75) is 0 Å². The van der Waals surface area contributed by atoms with Crippen LogP contribution < -0.4 is 5.32 Å². The number of benzene rings is 2. The number of rotatable bonds is 4. The number of fused-ring (bicyclic) bond motifs is 1. The monoisotopic (exact) mass is 326 g/mol.